The predicted molar refractivity (Wildman–Crippen MR) is 103 cm³/mol. The molecule has 0 aromatic heterocycles. The van der Waals surface area contributed by atoms with E-state index in [0.717, 1.165) is 19.3 Å². The summed E-state index contributed by atoms with van der Waals surface area (Å²) in [5.41, 5.74) is 0.373. The molecule has 1 saturated heterocycles. The Hall–Kier alpha value is -0.960. The SMILES string of the molecule is C[C@@H]1CCCC[C@@H]1NC(=O)c1ccc(Br)c(S(=O)(=O)N2CCOCC2)c1. The van der Waals surface area contributed by atoms with E-state index in [-0.39, 0.29) is 16.8 Å². The number of nitrogens with zero attached hydrogens (tertiary/aromatic N) is 1. The van der Waals surface area contributed by atoms with Crippen molar-refractivity contribution in [2.45, 2.75) is 43.5 Å². The summed E-state index contributed by atoms with van der Waals surface area (Å²) in [4.78, 5) is 12.8. The quantitative estimate of drug-likeness (QED) is 0.774. The first-order chi connectivity index (χ1) is 12.4. The molecule has 3 rings (SSSR count). The van der Waals surface area contributed by atoms with Crippen LogP contribution in [0.4, 0.5) is 0 Å². The highest BCUT2D eigenvalue weighted by Gasteiger charge is 2.29. The van der Waals surface area contributed by atoms with Crippen LogP contribution in [0.5, 0.6) is 0 Å². The monoisotopic (exact) mass is 444 g/mol. The number of halogens is 1. The molecule has 2 atom stereocenters. The van der Waals surface area contributed by atoms with Crippen LogP contribution in [0.3, 0.4) is 0 Å². The summed E-state index contributed by atoms with van der Waals surface area (Å²) in [6.07, 6.45) is 4.41. The molecule has 1 aromatic rings. The van der Waals surface area contributed by atoms with Crippen molar-refractivity contribution in [1.82, 2.24) is 9.62 Å². The molecule has 26 heavy (non-hydrogen) atoms. The molecule has 1 aliphatic carbocycles. The average Bonchev–Trinajstić information content (AvgIpc) is 2.64. The number of morpholine rings is 1. The third-order valence-corrected chi connectivity index (χ3v) is 8.10. The summed E-state index contributed by atoms with van der Waals surface area (Å²) in [5, 5.41) is 3.08. The van der Waals surface area contributed by atoms with E-state index in [9.17, 15) is 13.2 Å². The van der Waals surface area contributed by atoms with Crippen LogP contribution >= 0.6 is 15.9 Å². The van der Waals surface area contributed by atoms with Gasteiger partial charge in [0.05, 0.1) is 18.1 Å². The smallest absolute Gasteiger partial charge is 0.251 e. The van der Waals surface area contributed by atoms with Gasteiger partial charge in [0.1, 0.15) is 0 Å². The second kappa shape index (κ2) is 8.37. The average molecular weight is 445 g/mol. The molecule has 0 radical (unpaired) electrons. The Morgan fingerprint density at radius 3 is 2.62 bits per heavy atom. The number of benzene rings is 1. The van der Waals surface area contributed by atoms with Crippen molar-refractivity contribution < 1.29 is 17.9 Å². The first kappa shape index (κ1) is 19.8. The molecule has 0 spiro atoms. The van der Waals surface area contributed by atoms with Crippen LogP contribution in [0.1, 0.15) is 43.0 Å². The minimum atomic E-state index is -3.67. The van der Waals surface area contributed by atoms with Crippen LogP contribution in [0.15, 0.2) is 27.6 Å². The standard InChI is InChI=1S/C18H25BrN2O4S/c1-13-4-2-3-5-16(13)20-18(22)14-6-7-15(19)17(12-14)26(23,24)21-8-10-25-11-9-21/h6-7,12-13,16H,2-5,8-11H2,1H3,(H,20,22)/t13-,16+/m1/s1. The van der Waals surface area contributed by atoms with Gasteiger partial charge in [-0.05, 0) is 52.9 Å². The van der Waals surface area contributed by atoms with Crippen molar-refractivity contribution >= 4 is 31.9 Å². The zero-order chi connectivity index (χ0) is 18.7. The lowest BCUT2D eigenvalue weighted by Gasteiger charge is -2.29. The topological polar surface area (TPSA) is 75.7 Å². The fraction of sp³-hybridized carbons (Fsp3) is 0.611. The molecule has 1 amide bonds. The molecule has 2 fully saturated rings. The Morgan fingerprint density at radius 1 is 1.23 bits per heavy atom. The Bertz CT molecular complexity index is 762. The van der Waals surface area contributed by atoms with Gasteiger partial charge in [-0.25, -0.2) is 8.42 Å². The molecule has 6 nitrogen and oxygen atoms in total. The zero-order valence-electron chi connectivity index (χ0n) is 14.9. The lowest BCUT2D eigenvalue weighted by atomic mass is 9.86. The number of ether oxygens (including phenoxy) is 1. The van der Waals surface area contributed by atoms with Gasteiger partial charge in [0, 0.05) is 29.2 Å². The Morgan fingerprint density at radius 2 is 1.92 bits per heavy atom. The van der Waals surface area contributed by atoms with Crippen molar-refractivity contribution in [2.75, 3.05) is 26.3 Å². The number of nitrogens with one attached hydrogen (secondary N) is 1. The highest BCUT2D eigenvalue weighted by Crippen LogP contribution is 2.28. The van der Waals surface area contributed by atoms with Gasteiger partial charge in [-0.2, -0.15) is 4.31 Å². The zero-order valence-corrected chi connectivity index (χ0v) is 17.3. The summed E-state index contributed by atoms with van der Waals surface area (Å²) < 4.78 is 33.0. The largest absolute Gasteiger partial charge is 0.379 e. The maximum absolute atomic E-state index is 12.9. The maximum Gasteiger partial charge on any atom is 0.251 e. The molecule has 1 aromatic carbocycles. The number of carbonyl (C=O) groups is 1. The number of hydrogen-bond acceptors (Lipinski definition) is 4. The molecule has 144 valence electrons. The number of carbonyl (C=O) groups excluding carboxylic acids is 1. The van der Waals surface area contributed by atoms with Crippen LogP contribution in [0.2, 0.25) is 0 Å². The van der Waals surface area contributed by atoms with E-state index in [1.165, 1.54) is 16.8 Å². The van der Waals surface area contributed by atoms with E-state index in [1.54, 1.807) is 12.1 Å². The van der Waals surface area contributed by atoms with Gasteiger partial charge in [0.2, 0.25) is 10.0 Å². The second-order valence-corrected chi connectivity index (χ2v) is 9.76. The molecule has 1 N–H and O–H groups in total. The van der Waals surface area contributed by atoms with Gasteiger partial charge in [-0.15, -0.1) is 0 Å². The molecule has 1 heterocycles. The minimum absolute atomic E-state index is 0.128. The number of hydrogen-bond donors (Lipinski definition) is 1. The van der Waals surface area contributed by atoms with E-state index in [0.29, 0.717) is 42.3 Å². The number of sulfonamides is 1. The third kappa shape index (κ3) is 4.30. The van der Waals surface area contributed by atoms with E-state index >= 15 is 0 Å². The van der Waals surface area contributed by atoms with Crippen molar-refractivity contribution in [3.63, 3.8) is 0 Å². The van der Waals surface area contributed by atoms with Crippen molar-refractivity contribution in [3.05, 3.63) is 28.2 Å². The van der Waals surface area contributed by atoms with Crippen molar-refractivity contribution in [2.24, 2.45) is 5.92 Å². The number of rotatable bonds is 4. The molecular weight excluding hydrogens is 420 g/mol. The van der Waals surface area contributed by atoms with Gasteiger partial charge in [-0.1, -0.05) is 19.8 Å². The molecule has 1 saturated carbocycles. The predicted octanol–water partition coefficient (Wildman–Crippen LogP) is 2.78. The molecule has 8 heteroatoms. The van der Waals surface area contributed by atoms with Crippen LogP contribution in [0, 0.1) is 5.92 Å². The van der Waals surface area contributed by atoms with Crippen LogP contribution < -0.4 is 5.32 Å². The van der Waals surface area contributed by atoms with Gasteiger partial charge in [-0.3, -0.25) is 4.79 Å². The van der Waals surface area contributed by atoms with E-state index in [2.05, 4.69) is 28.2 Å². The van der Waals surface area contributed by atoms with Crippen molar-refractivity contribution in [3.8, 4) is 0 Å². The Labute approximate surface area is 163 Å². The minimum Gasteiger partial charge on any atom is -0.379 e. The van der Waals surface area contributed by atoms with Crippen LogP contribution in [-0.2, 0) is 14.8 Å². The summed E-state index contributed by atoms with van der Waals surface area (Å²) in [7, 11) is -3.67. The second-order valence-electron chi connectivity index (χ2n) is 7.00. The van der Waals surface area contributed by atoms with E-state index in [4.69, 9.17) is 4.74 Å². The molecule has 0 unspecified atom stereocenters. The maximum atomic E-state index is 12.9. The highest BCUT2D eigenvalue weighted by molar-refractivity contribution is 9.10. The fourth-order valence-corrected chi connectivity index (χ4v) is 5.91. The molecule has 2 aliphatic rings. The lowest BCUT2D eigenvalue weighted by Crippen LogP contribution is -2.41. The number of amides is 1. The summed E-state index contributed by atoms with van der Waals surface area (Å²) >= 11 is 3.32. The van der Waals surface area contributed by atoms with Gasteiger partial charge >= 0.3 is 0 Å². The van der Waals surface area contributed by atoms with E-state index < -0.39 is 10.0 Å². The Kier molecular flexibility index (Phi) is 6.37. The van der Waals surface area contributed by atoms with E-state index in [1.807, 2.05) is 0 Å². The van der Waals surface area contributed by atoms with Gasteiger partial charge in [0.25, 0.3) is 5.91 Å². The first-order valence-corrected chi connectivity index (χ1v) is 11.3. The molecular formula is C18H25BrN2O4S. The van der Waals surface area contributed by atoms with Gasteiger partial charge < -0.3 is 10.1 Å². The van der Waals surface area contributed by atoms with Crippen molar-refractivity contribution in [1.29, 1.82) is 0 Å². The summed E-state index contributed by atoms with van der Waals surface area (Å²) in [5.74, 6) is 0.231. The van der Waals surface area contributed by atoms with Crippen LogP contribution in [-0.4, -0.2) is 51.0 Å². The molecule has 0 bridgehead atoms. The highest BCUT2D eigenvalue weighted by atomic mass is 79.9. The Balaban J connectivity index is 1.81. The van der Waals surface area contributed by atoms with Crippen LogP contribution in [0.25, 0.3) is 0 Å². The summed E-state index contributed by atoms with van der Waals surface area (Å²) in [6.45, 7) is 3.57. The van der Waals surface area contributed by atoms with Gasteiger partial charge in [0.15, 0.2) is 0 Å². The summed E-state index contributed by atoms with van der Waals surface area (Å²) in [6, 6.07) is 4.91. The normalized spacial score (nSPS) is 25.0. The lowest BCUT2D eigenvalue weighted by molar-refractivity contribution is 0.0730. The fourth-order valence-electron chi connectivity index (χ4n) is 3.55. The molecule has 1 aliphatic heterocycles. The third-order valence-electron chi connectivity index (χ3n) is 5.21. The first-order valence-electron chi connectivity index (χ1n) is 9.08.